The molecule has 3 aromatic rings. The van der Waals surface area contributed by atoms with Crippen molar-refractivity contribution in [2.45, 2.75) is 36.4 Å². The number of halogens is 1. The molecule has 10 heteroatoms. The van der Waals surface area contributed by atoms with Gasteiger partial charge in [0.05, 0.1) is 18.4 Å². The molecule has 25 heavy (non-hydrogen) atoms. The average Bonchev–Trinajstić information content (AvgIpc) is 3.36. The SMILES string of the molecule is Clc1ccc(-c2nc(CSc3nnnn3C[C@H]3CCCO3)no2)cc1. The number of rotatable bonds is 6. The molecule has 0 bridgehead atoms. The Morgan fingerprint density at radius 3 is 2.96 bits per heavy atom. The predicted molar refractivity (Wildman–Crippen MR) is 91.1 cm³/mol. The Labute approximate surface area is 152 Å². The van der Waals surface area contributed by atoms with Crippen LogP contribution >= 0.6 is 23.4 Å². The Balaban J connectivity index is 1.39. The second-order valence-corrected chi connectivity index (χ2v) is 6.97. The smallest absolute Gasteiger partial charge is 0.257 e. The number of tetrazole rings is 1. The first-order valence-corrected chi connectivity index (χ1v) is 9.23. The fraction of sp³-hybridized carbons (Fsp3) is 0.400. The number of benzene rings is 1. The molecule has 8 nitrogen and oxygen atoms in total. The molecule has 1 aliphatic rings. The highest BCUT2D eigenvalue weighted by Crippen LogP contribution is 2.23. The molecule has 1 atom stereocenters. The molecular formula is C15H15ClN6O2S. The highest BCUT2D eigenvalue weighted by Gasteiger charge is 2.19. The van der Waals surface area contributed by atoms with Crippen LogP contribution in [0.4, 0.5) is 0 Å². The van der Waals surface area contributed by atoms with Crippen molar-refractivity contribution in [3.8, 4) is 11.5 Å². The van der Waals surface area contributed by atoms with E-state index in [1.807, 2.05) is 12.1 Å². The standard InChI is InChI=1S/C15H15ClN6O2S/c16-11-5-3-10(4-6-11)14-17-13(19-24-14)9-25-15-18-20-21-22(15)8-12-2-1-7-23-12/h3-6,12H,1-2,7-9H2/t12-/m1/s1. The van der Waals surface area contributed by atoms with Crippen molar-refractivity contribution in [2.24, 2.45) is 0 Å². The van der Waals surface area contributed by atoms with E-state index in [-0.39, 0.29) is 6.10 Å². The van der Waals surface area contributed by atoms with Crippen LogP contribution in [0.3, 0.4) is 0 Å². The molecule has 3 heterocycles. The van der Waals surface area contributed by atoms with Gasteiger partial charge in [-0.3, -0.25) is 0 Å². The van der Waals surface area contributed by atoms with Crippen molar-refractivity contribution in [1.29, 1.82) is 0 Å². The summed E-state index contributed by atoms with van der Waals surface area (Å²) < 4.78 is 12.7. The summed E-state index contributed by atoms with van der Waals surface area (Å²) in [6.45, 7) is 1.48. The van der Waals surface area contributed by atoms with Gasteiger partial charge in [0, 0.05) is 17.2 Å². The van der Waals surface area contributed by atoms with Crippen LogP contribution in [-0.2, 0) is 17.0 Å². The van der Waals surface area contributed by atoms with Gasteiger partial charge in [-0.25, -0.2) is 4.68 Å². The Bertz CT molecular complexity index is 831. The number of hydrogen-bond acceptors (Lipinski definition) is 8. The predicted octanol–water partition coefficient (Wildman–Crippen LogP) is 2.85. The zero-order chi connectivity index (χ0) is 17.1. The quantitative estimate of drug-likeness (QED) is 0.604. The van der Waals surface area contributed by atoms with Gasteiger partial charge in [0.2, 0.25) is 5.16 Å². The molecule has 130 valence electrons. The maximum Gasteiger partial charge on any atom is 0.257 e. The normalized spacial score (nSPS) is 17.2. The van der Waals surface area contributed by atoms with Crippen molar-refractivity contribution in [1.82, 2.24) is 30.3 Å². The van der Waals surface area contributed by atoms with E-state index in [9.17, 15) is 0 Å². The third-order valence-electron chi connectivity index (χ3n) is 3.79. The second kappa shape index (κ2) is 7.51. The summed E-state index contributed by atoms with van der Waals surface area (Å²) in [4.78, 5) is 4.40. The molecule has 4 rings (SSSR count). The van der Waals surface area contributed by atoms with E-state index >= 15 is 0 Å². The molecule has 0 saturated carbocycles. The van der Waals surface area contributed by atoms with Crippen molar-refractivity contribution in [2.75, 3.05) is 6.61 Å². The third kappa shape index (κ3) is 4.00. The van der Waals surface area contributed by atoms with Crippen LogP contribution < -0.4 is 0 Å². The summed E-state index contributed by atoms with van der Waals surface area (Å²) in [5.74, 6) is 1.57. The van der Waals surface area contributed by atoms with Gasteiger partial charge in [0.15, 0.2) is 5.82 Å². The van der Waals surface area contributed by atoms with Crippen LogP contribution in [-0.4, -0.2) is 43.1 Å². The lowest BCUT2D eigenvalue weighted by Crippen LogP contribution is -2.16. The average molecular weight is 379 g/mol. The zero-order valence-corrected chi connectivity index (χ0v) is 14.8. The number of thioether (sulfide) groups is 1. The van der Waals surface area contributed by atoms with Crippen molar-refractivity contribution in [3.05, 3.63) is 35.1 Å². The summed E-state index contributed by atoms with van der Waals surface area (Å²) >= 11 is 7.35. The first-order chi connectivity index (χ1) is 12.3. The van der Waals surface area contributed by atoms with E-state index in [0.29, 0.717) is 34.2 Å². The highest BCUT2D eigenvalue weighted by atomic mass is 35.5. The van der Waals surface area contributed by atoms with Gasteiger partial charge in [-0.2, -0.15) is 4.98 Å². The van der Waals surface area contributed by atoms with Gasteiger partial charge in [0.25, 0.3) is 5.89 Å². The summed E-state index contributed by atoms with van der Waals surface area (Å²) in [5.41, 5.74) is 0.830. The molecule has 0 aliphatic carbocycles. The monoisotopic (exact) mass is 378 g/mol. The summed E-state index contributed by atoms with van der Waals surface area (Å²) in [6.07, 6.45) is 2.31. The Hall–Kier alpha value is -1.97. The van der Waals surface area contributed by atoms with E-state index in [1.54, 1.807) is 16.8 Å². The third-order valence-corrected chi connectivity index (χ3v) is 4.99. The Morgan fingerprint density at radius 2 is 2.16 bits per heavy atom. The first-order valence-electron chi connectivity index (χ1n) is 7.87. The van der Waals surface area contributed by atoms with Gasteiger partial charge < -0.3 is 9.26 Å². The van der Waals surface area contributed by atoms with E-state index in [2.05, 4.69) is 25.7 Å². The molecule has 1 saturated heterocycles. The molecule has 0 amide bonds. The van der Waals surface area contributed by atoms with Gasteiger partial charge in [0.1, 0.15) is 0 Å². The molecule has 0 radical (unpaired) electrons. The Morgan fingerprint density at radius 1 is 1.28 bits per heavy atom. The molecule has 2 aromatic heterocycles. The molecule has 0 spiro atoms. The van der Waals surface area contributed by atoms with E-state index in [0.717, 1.165) is 25.0 Å². The topological polar surface area (TPSA) is 91.8 Å². The minimum absolute atomic E-state index is 0.185. The lowest BCUT2D eigenvalue weighted by Gasteiger charge is -2.09. The maximum absolute atomic E-state index is 5.89. The highest BCUT2D eigenvalue weighted by molar-refractivity contribution is 7.98. The first kappa shape index (κ1) is 16.5. The van der Waals surface area contributed by atoms with Gasteiger partial charge in [-0.15, -0.1) is 5.10 Å². The molecule has 1 fully saturated rings. The van der Waals surface area contributed by atoms with Crippen LogP contribution in [0.25, 0.3) is 11.5 Å². The summed E-state index contributed by atoms with van der Waals surface area (Å²) in [6, 6.07) is 7.26. The summed E-state index contributed by atoms with van der Waals surface area (Å²) in [5, 5.41) is 17.2. The molecule has 0 unspecified atom stereocenters. The largest absolute Gasteiger partial charge is 0.376 e. The van der Waals surface area contributed by atoms with Crippen molar-refractivity contribution < 1.29 is 9.26 Å². The van der Waals surface area contributed by atoms with Crippen LogP contribution in [0.15, 0.2) is 33.9 Å². The van der Waals surface area contributed by atoms with Crippen molar-refractivity contribution >= 4 is 23.4 Å². The minimum atomic E-state index is 0.185. The molecule has 1 aromatic carbocycles. The zero-order valence-electron chi connectivity index (χ0n) is 13.2. The van der Waals surface area contributed by atoms with Crippen LogP contribution in [0, 0.1) is 0 Å². The minimum Gasteiger partial charge on any atom is -0.376 e. The van der Waals surface area contributed by atoms with E-state index in [1.165, 1.54) is 11.8 Å². The van der Waals surface area contributed by atoms with Gasteiger partial charge >= 0.3 is 0 Å². The van der Waals surface area contributed by atoms with Gasteiger partial charge in [-0.1, -0.05) is 28.5 Å². The van der Waals surface area contributed by atoms with Gasteiger partial charge in [-0.05, 0) is 47.5 Å². The lowest BCUT2D eigenvalue weighted by molar-refractivity contribution is 0.0912. The lowest BCUT2D eigenvalue weighted by atomic mass is 10.2. The molecule has 0 N–H and O–H groups in total. The van der Waals surface area contributed by atoms with Crippen LogP contribution in [0.5, 0.6) is 0 Å². The van der Waals surface area contributed by atoms with Crippen LogP contribution in [0.1, 0.15) is 18.7 Å². The fourth-order valence-electron chi connectivity index (χ4n) is 2.55. The summed E-state index contributed by atoms with van der Waals surface area (Å²) in [7, 11) is 0. The van der Waals surface area contributed by atoms with Crippen molar-refractivity contribution in [3.63, 3.8) is 0 Å². The Kier molecular flexibility index (Phi) is 4.95. The fourth-order valence-corrected chi connectivity index (χ4v) is 3.40. The molecular weight excluding hydrogens is 364 g/mol. The molecule has 1 aliphatic heterocycles. The number of aromatic nitrogens is 6. The number of nitrogens with zero attached hydrogens (tertiary/aromatic N) is 6. The van der Waals surface area contributed by atoms with E-state index < -0.39 is 0 Å². The number of hydrogen-bond donors (Lipinski definition) is 0. The second-order valence-electron chi connectivity index (χ2n) is 5.59. The van der Waals surface area contributed by atoms with Crippen LogP contribution in [0.2, 0.25) is 5.02 Å². The maximum atomic E-state index is 5.89. The van der Waals surface area contributed by atoms with E-state index in [4.69, 9.17) is 20.9 Å². The number of ether oxygens (including phenoxy) is 1.